The molecule has 1 aliphatic heterocycles. The van der Waals surface area contributed by atoms with Crippen molar-refractivity contribution in [3.63, 3.8) is 0 Å². The molecule has 2 atom stereocenters. The Morgan fingerprint density at radius 1 is 1.48 bits per heavy atom. The van der Waals surface area contributed by atoms with Crippen molar-refractivity contribution in [3.05, 3.63) is 34.9 Å². The number of aliphatic hydroxyl groups is 1. The van der Waals surface area contributed by atoms with Gasteiger partial charge in [-0.05, 0) is 26.8 Å². The number of morpholine rings is 1. The molecular weight excluding hydrogens is 306 g/mol. The number of benzene rings is 1. The van der Waals surface area contributed by atoms with Gasteiger partial charge in [-0.15, -0.1) is 0 Å². The number of nitrogens with one attached hydrogen (secondary N) is 2. The number of amides is 1. The molecule has 0 unspecified atom stereocenters. The lowest BCUT2D eigenvalue weighted by atomic mass is 9.91. The molecule has 0 bridgehead atoms. The van der Waals surface area contributed by atoms with Gasteiger partial charge in [-0.1, -0.05) is 6.07 Å². The van der Waals surface area contributed by atoms with Crippen LogP contribution in [0.2, 0.25) is 0 Å². The Morgan fingerprint density at radius 3 is 2.74 bits per heavy atom. The quantitative estimate of drug-likeness (QED) is 0.770. The van der Waals surface area contributed by atoms with Crippen molar-refractivity contribution in [2.75, 3.05) is 19.8 Å². The molecule has 23 heavy (non-hydrogen) atoms. The maximum absolute atomic E-state index is 14.3. The molecule has 2 rings (SSSR count). The topological polar surface area (TPSA) is 70.6 Å². The molecule has 128 valence electrons. The highest BCUT2D eigenvalue weighted by atomic mass is 19.1. The van der Waals surface area contributed by atoms with Gasteiger partial charge in [0.25, 0.3) is 5.91 Å². The smallest absolute Gasteiger partial charge is 0.251 e. The van der Waals surface area contributed by atoms with Gasteiger partial charge < -0.3 is 20.5 Å². The summed E-state index contributed by atoms with van der Waals surface area (Å²) in [5.41, 5.74) is -0.885. The largest absolute Gasteiger partial charge is 0.395 e. The van der Waals surface area contributed by atoms with Crippen LogP contribution >= 0.6 is 0 Å². The van der Waals surface area contributed by atoms with Crippen molar-refractivity contribution in [1.29, 1.82) is 0 Å². The summed E-state index contributed by atoms with van der Waals surface area (Å²) in [5.74, 6) is -1.68. The van der Waals surface area contributed by atoms with E-state index in [4.69, 9.17) is 9.84 Å². The summed E-state index contributed by atoms with van der Waals surface area (Å²) in [4.78, 5) is 12.3. The molecule has 1 fully saturated rings. The fourth-order valence-corrected chi connectivity index (χ4v) is 2.51. The zero-order valence-electron chi connectivity index (χ0n) is 13.5. The molecule has 1 heterocycles. The third kappa shape index (κ3) is 3.85. The average molecular weight is 328 g/mol. The molecule has 0 spiro atoms. The number of rotatable bonds is 4. The van der Waals surface area contributed by atoms with Crippen LogP contribution < -0.4 is 10.6 Å². The highest BCUT2D eigenvalue weighted by Gasteiger charge is 2.32. The second-order valence-electron chi connectivity index (χ2n) is 6.26. The van der Waals surface area contributed by atoms with Crippen LogP contribution in [-0.2, 0) is 15.1 Å². The van der Waals surface area contributed by atoms with Gasteiger partial charge in [-0.25, -0.2) is 8.78 Å². The van der Waals surface area contributed by atoms with Gasteiger partial charge in [0.05, 0.1) is 24.8 Å². The van der Waals surface area contributed by atoms with Crippen LogP contribution in [0.3, 0.4) is 0 Å². The van der Waals surface area contributed by atoms with Crippen molar-refractivity contribution in [1.82, 2.24) is 10.6 Å². The molecular formula is C16H22F2N2O3. The van der Waals surface area contributed by atoms with Gasteiger partial charge in [0.2, 0.25) is 0 Å². The Hall–Kier alpha value is -1.57. The Kier molecular flexibility index (Phi) is 5.33. The highest BCUT2D eigenvalue weighted by Crippen LogP contribution is 2.26. The fraction of sp³-hybridized carbons (Fsp3) is 0.562. The zero-order valence-corrected chi connectivity index (χ0v) is 13.5. The first kappa shape index (κ1) is 17.8. The highest BCUT2D eigenvalue weighted by molar-refractivity contribution is 5.82. The van der Waals surface area contributed by atoms with E-state index < -0.39 is 23.3 Å². The SMILES string of the molecule is Cc1c(F)ccc(C(C)(C)NC(=O)[C@@H]2CN[C@H](CO)CO2)c1F. The van der Waals surface area contributed by atoms with Crippen LogP contribution in [0.5, 0.6) is 0 Å². The molecule has 1 aromatic rings. The third-order valence-corrected chi connectivity index (χ3v) is 4.03. The summed E-state index contributed by atoms with van der Waals surface area (Å²) in [5, 5.41) is 14.7. The predicted octanol–water partition coefficient (Wildman–Crippen LogP) is 0.974. The van der Waals surface area contributed by atoms with E-state index in [-0.39, 0.29) is 42.8 Å². The summed E-state index contributed by atoms with van der Waals surface area (Å²) < 4.78 is 33.1. The van der Waals surface area contributed by atoms with Crippen molar-refractivity contribution in [2.45, 2.75) is 38.5 Å². The zero-order chi connectivity index (χ0) is 17.2. The van der Waals surface area contributed by atoms with Crippen LogP contribution in [0.4, 0.5) is 8.78 Å². The van der Waals surface area contributed by atoms with Crippen molar-refractivity contribution < 1.29 is 23.4 Å². The fourth-order valence-electron chi connectivity index (χ4n) is 2.51. The van der Waals surface area contributed by atoms with Crippen molar-refractivity contribution >= 4 is 5.91 Å². The number of ether oxygens (including phenoxy) is 1. The Bertz CT molecular complexity index is 585. The molecule has 7 heteroatoms. The minimum Gasteiger partial charge on any atom is -0.395 e. The molecule has 0 radical (unpaired) electrons. The van der Waals surface area contributed by atoms with E-state index in [0.717, 1.165) is 0 Å². The van der Waals surface area contributed by atoms with Gasteiger partial charge in [-0.2, -0.15) is 0 Å². The number of hydrogen-bond acceptors (Lipinski definition) is 4. The van der Waals surface area contributed by atoms with Crippen molar-refractivity contribution in [3.8, 4) is 0 Å². The number of halogens is 2. The Labute approximate surface area is 134 Å². The summed E-state index contributed by atoms with van der Waals surface area (Å²) in [6.45, 7) is 5.06. The van der Waals surface area contributed by atoms with Crippen LogP contribution in [0.1, 0.15) is 25.0 Å². The molecule has 3 N–H and O–H groups in total. The van der Waals surface area contributed by atoms with Crippen LogP contribution in [0.25, 0.3) is 0 Å². The van der Waals surface area contributed by atoms with E-state index in [0.29, 0.717) is 0 Å². The van der Waals surface area contributed by atoms with Gasteiger partial charge in [0.1, 0.15) is 17.7 Å². The van der Waals surface area contributed by atoms with Gasteiger partial charge in [-0.3, -0.25) is 4.79 Å². The van der Waals surface area contributed by atoms with E-state index in [1.54, 1.807) is 13.8 Å². The second kappa shape index (κ2) is 6.90. The molecule has 0 saturated carbocycles. The van der Waals surface area contributed by atoms with E-state index in [2.05, 4.69) is 10.6 Å². The average Bonchev–Trinajstić information content (AvgIpc) is 2.52. The van der Waals surface area contributed by atoms with Crippen molar-refractivity contribution in [2.24, 2.45) is 0 Å². The standard InChI is InChI=1S/C16H22F2N2O3/c1-9-12(17)5-4-11(14(9)18)16(2,3)20-15(22)13-6-19-10(7-21)8-23-13/h4-5,10,13,19,21H,6-8H2,1-3H3,(H,20,22)/t10-,13+/m1/s1. The molecule has 1 saturated heterocycles. The molecule has 5 nitrogen and oxygen atoms in total. The third-order valence-electron chi connectivity index (χ3n) is 4.03. The van der Waals surface area contributed by atoms with Crippen LogP contribution in [0.15, 0.2) is 12.1 Å². The van der Waals surface area contributed by atoms with Gasteiger partial charge in [0.15, 0.2) is 0 Å². The molecule has 0 aliphatic carbocycles. The Balaban J connectivity index is 2.09. The van der Waals surface area contributed by atoms with E-state index >= 15 is 0 Å². The maximum Gasteiger partial charge on any atom is 0.251 e. The minimum absolute atomic E-state index is 0.0695. The summed E-state index contributed by atoms with van der Waals surface area (Å²) in [7, 11) is 0. The number of aliphatic hydroxyl groups excluding tert-OH is 1. The minimum atomic E-state index is -1.02. The molecule has 1 aromatic carbocycles. The first-order valence-electron chi connectivity index (χ1n) is 7.49. The predicted molar refractivity (Wildman–Crippen MR) is 80.9 cm³/mol. The molecule has 1 amide bonds. The van der Waals surface area contributed by atoms with E-state index in [9.17, 15) is 13.6 Å². The monoisotopic (exact) mass is 328 g/mol. The van der Waals surface area contributed by atoms with E-state index in [1.165, 1.54) is 19.1 Å². The lowest BCUT2D eigenvalue weighted by Gasteiger charge is -2.33. The lowest BCUT2D eigenvalue weighted by molar-refractivity contribution is -0.137. The number of carbonyl (C=O) groups is 1. The lowest BCUT2D eigenvalue weighted by Crippen LogP contribution is -2.56. The van der Waals surface area contributed by atoms with E-state index in [1.807, 2.05) is 0 Å². The number of carbonyl (C=O) groups excluding carboxylic acids is 1. The summed E-state index contributed by atoms with van der Waals surface area (Å²) in [6.07, 6.45) is -0.721. The first-order valence-corrected chi connectivity index (χ1v) is 7.49. The molecule has 1 aliphatic rings. The Morgan fingerprint density at radius 2 is 2.17 bits per heavy atom. The van der Waals surface area contributed by atoms with Gasteiger partial charge in [0, 0.05) is 17.7 Å². The molecule has 0 aromatic heterocycles. The van der Waals surface area contributed by atoms with Crippen LogP contribution in [-0.4, -0.2) is 42.9 Å². The summed E-state index contributed by atoms with van der Waals surface area (Å²) in [6, 6.07) is 2.33. The van der Waals surface area contributed by atoms with Crippen LogP contribution in [0, 0.1) is 18.6 Å². The normalized spacial score (nSPS) is 22.0. The second-order valence-corrected chi connectivity index (χ2v) is 6.26. The number of hydrogen-bond donors (Lipinski definition) is 3. The van der Waals surface area contributed by atoms with Gasteiger partial charge >= 0.3 is 0 Å². The first-order chi connectivity index (χ1) is 10.8. The maximum atomic E-state index is 14.3. The summed E-state index contributed by atoms with van der Waals surface area (Å²) >= 11 is 0.